The van der Waals surface area contributed by atoms with Crippen LogP contribution in [0, 0.1) is 30.9 Å². The minimum atomic E-state index is -0.471. The summed E-state index contributed by atoms with van der Waals surface area (Å²) < 4.78 is 5.52. The molecule has 0 aliphatic heterocycles. The summed E-state index contributed by atoms with van der Waals surface area (Å²) in [5.74, 6) is 0.244. The lowest BCUT2D eigenvalue weighted by atomic mass is 10.1. The van der Waals surface area contributed by atoms with Crippen molar-refractivity contribution in [3.05, 3.63) is 63.2 Å². The van der Waals surface area contributed by atoms with Crippen LogP contribution in [-0.4, -0.2) is 22.5 Å². The second-order valence-electron chi connectivity index (χ2n) is 5.82. The molecule has 0 aliphatic rings. The van der Waals surface area contributed by atoms with Gasteiger partial charge in [-0.05, 0) is 61.8 Å². The molecule has 1 amide bonds. The number of carbonyl (C=O) groups excluding carboxylic acids is 1. The number of nitrogens with zero attached hydrogens (tertiary/aromatic N) is 1. The molecule has 0 fully saturated rings. The summed E-state index contributed by atoms with van der Waals surface area (Å²) in [6.07, 6.45) is 0. The lowest BCUT2D eigenvalue weighted by Crippen LogP contribution is -2.37. The highest BCUT2D eigenvalue weighted by Gasteiger charge is 2.11. The molecule has 2 aromatic carbocycles. The molecular formula is C18H19N3O4S. The first-order valence-corrected chi connectivity index (χ1v) is 8.23. The van der Waals surface area contributed by atoms with Crippen molar-refractivity contribution in [2.75, 3.05) is 11.9 Å². The maximum Gasteiger partial charge on any atom is 0.269 e. The van der Waals surface area contributed by atoms with E-state index in [1.54, 1.807) is 13.0 Å². The third kappa shape index (κ3) is 5.25. The molecular weight excluding hydrogens is 354 g/mol. The minimum Gasteiger partial charge on any atom is -0.483 e. The number of amides is 1. The van der Waals surface area contributed by atoms with Crippen LogP contribution in [0.1, 0.15) is 16.7 Å². The van der Waals surface area contributed by atoms with Crippen molar-refractivity contribution in [2.45, 2.75) is 20.8 Å². The first-order valence-electron chi connectivity index (χ1n) is 7.82. The molecule has 0 radical (unpaired) electrons. The fraction of sp³-hybridized carbons (Fsp3) is 0.222. The van der Waals surface area contributed by atoms with Crippen LogP contribution < -0.4 is 15.4 Å². The number of nitro benzene ring substituents is 1. The molecule has 0 saturated heterocycles. The van der Waals surface area contributed by atoms with Crippen LogP contribution >= 0.6 is 12.2 Å². The number of anilines is 1. The van der Waals surface area contributed by atoms with Crippen molar-refractivity contribution in [3.8, 4) is 5.75 Å². The van der Waals surface area contributed by atoms with Gasteiger partial charge in [-0.1, -0.05) is 12.1 Å². The van der Waals surface area contributed by atoms with Crippen molar-refractivity contribution >= 4 is 34.6 Å². The lowest BCUT2D eigenvalue weighted by molar-refractivity contribution is -0.384. The molecule has 2 N–H and O–H groups in total. The summed E-state index contributed by atoms with van der Waals surface area (Å²) in [6, 6.07) is 10.1. The van der Waals surface area contributed by atoms with Crippen LogP contribution in [0.4, 0.5) is 11.4 Å². The number of carbonyl (C=O) groups is 1. The van der Waals surface area contributed by atoms with Crippen LogP contribution in [-0.2, 0) is 4.79 Å². The molecule has 0 bridgehead atoms. The molecule has 0 atom stereocenters. The molecule has 8 heteroatoms. The number of nitrogens with one attached hydrogen (secondary N) is 2. The van der Waals surface area contributed by atoms with Crippen LogP contribution in [0.5, 0.6) is 5.75 Å². The van der Waals surface area contributed by atoms with E-state index in [1.165, 1.54) is 12.1 Å². The van der Waals surface area contributed by atoms with Crippen LogP contribution in [0.25, 0.3) is 0 Å². The smallest absolute Gasteiger partial charge is 0.269 e. The highest BCUT2D eigenvalue weighted by Crippen LogP contribution is 2.21. The molecule has 2 rings (SSSR count). The number of thiocarbonyl (C=S) groups is 1. The third-order valence-electron chi connectivity index (χ3n) is 3.62. The van der Waals surface area contributed by atoms with Gasteiger partial charge in [-0.15, -0.1) is 0 Å². The van der Waals surface area contributed by atoms with Gasteiger partial charge in [-0.3, -0.25) is 20.2 Å². The molecule has 136 valence electrons. The van der Waals surface area contributed by atoms with Crippen molar-refractivity contribution in [2.24, 2.45) is 0 Å². The Morgan fingerprint density at radius 3 is 2.54 bits per heavy atom. The maximum atomic E-state index is 12.0. The second kappa shape index (κ2) is 8.39. The van der Waals surface area contributed by atoms with Crippen LogP contribution in [0.15, 0.2) is 36.4 Å². The molecule has 26 heavy (non-hydrogen) atoms. The molecule has 0 spiro atoms. The van der Waals surface area contributed by atoms with Gasteiger partial charge in [0.1, 0.15) is 5.75 Å². The Labute approximate surface area is 156 Å². The number of aryl methyl sites for hydroxylation is 3. The molecule has 2 aromatic rings. The molecule has 0 unspecified atom stereocenters. The number of benzene rings is 2. The second-order valence-corrected chi connectivity index (χ2v) is 6.22. The van der Waals surface area contributed by atoms with E-state index in [2.05, 4.69) is 10.6 Å². The number of ether oxygens (including phenoxy) is 1. The van der Waals surface area contributed by atoms with E-state index >= 15 is 0 Å². The molecule has 0 aromatic heterocycles. The van der Waals surface area contributed by atoms with Crippen LogP contribution in [0.2, 0.25) is 0 Å². The van der Waals surface area contributed by atoms with E-state index in [0.717, 1.165) is 11.1 Å². The zero-order chi connectivity index (χ0) is 19.3. The summed E-state index contributed by atoms with van der Waals surface area (Å²) in [7, 11) is 0. The van der Waals surface area contributed by atoms with Gasteiger partial charge in [0.2, 0.25) is 0 Å². The van der Waals surface area contributed by atoms with Gasteiger partial charge in [0.15, 0.2) is 11.7 Å². The fourth-order valence-electron chi connectivity index (χ4n) is 2.22. The Morgan fingerprint density at radius 1 is 1.15 bits per heavy atom. The van der Waals surface area contributed by atoms with Gasteiger partial charge in [0.05, 0.1) is 4.92 Å². The van der Waals surface area contributed by atoms with Gasteiger partial charge in [0, 0.05) is 17.8 Å². The Bertz CT molecular complexity index is 868. The monoisotopic (exact) mass is 373 g/mol. The SMILES string of the molecule is Cc1ccc(C)c(OCC(=O)NC(=S)Nc2ccc([N+](=O)[O-])cc2C)c1. The third-order valence-corrected chi connectivity index (χ3v) is 3.83. The first-order chi connectivity index (χ1) is 12.3. The first kappa shape index (κ1) is 19.3. The Kier molecular flexibility index (Phi) is 6.24. The molecule has 0 saturated carbocycles. The van der Waals surface area contributed by atoms with E-state index in [4.69, 9.17) is 17.0 Å². The summed E-state index contributed by atoms with van der Waals surface area (Å²) in [6.45, 7) is 5.38. The predicted octanol–water partition coefficient (Wildman–Crippen LogP) is 3.41. The van der Waals surface area contributed by atoms with Gasteiger partial charge >= 0.3 is 0 Å². The van der Waals surface area contributed by atoms with Crippen molar-refractivity contribution in [1.29, 1.82) is 0 Å². The molecule has 0 aliphatic carbocycles. The maximum absolute atomic E-state index is 12.0. The Balaban J connectivity index is 1.90. The average molecular weight is 373 g/mol. The predicted molar refractivity (Wildman–Crippen MR) is 104 cm³/mol. The van der Waals surface area contributed by atoms with Crippen molar-refractivity contribution < 1.29 is 14.5 Å². The average Bonchev–Trinajstić information content (AvgIpc) is 2.57. The standard InChI is InChI=1S/C18H19N3O4S/c1-11-4-5-12(2)16(8-11)25-10-17(22)20-18(26)19-15-7-6-14(21(23)24)9-13(15)3/h4-9H,10H2,1-3H3,(H2,19,20,22,26). The van der Waals surface area contributed by atoms with Crippen molar-refractivity contribution in [1.82, 2.24) is 5.32 Å². The highest BCUT2D eigenvalue weighted by atomic mass is 32.1. The van der Waals surface area contributed by atoms with E-state index < -0.39 is 10.8 Å². The Morgan fingerprint density at radius 2 is 1.88 bits per heavy atom. The summed E-state index contributed by atoms with van der Waals surface area (Å²) >= 11 is 5.10. The quantitative estimate of drug-likeness (QED) is 0.474. The zero-order valence-electron chi connectivity index (χ0n) is 14.7. The Hall–Kier alpha value is -3.00. The number of nitro groups is 1. The summed E-state index contributed by atoms with van der Waals surface area (Å²) in [4.78, 5) is 22.3. The fourth-order valence-corrected chi connectivity index (χ4v) is 2.45. The number of hydrogen-bond donors (Lipinski definition) is 2. The van der Waals surface area contributed by atoms with E-state index in [0.29, 0.717) is 17.0 Å². The number of non-ortho nitro benzene ring substituents is 1. The van der Waals surface area contributed by atoms with Gasteiger partial charge in [0.25, 0.3) is 11.6 Å². The van der Waals surface area contributed by atoms with Crippen molar-refractivity contribution in [3.63, 3.8) is 0 Å². The van der Waals surface area contributed by atoms with Crippen LogP contribution in [0.3, 0.4) is 0 Å². The summed E-state index contributed by atoms with van der Waals surface area (Å²) in [5.41, 5.74) is 3.19. The van der Waals surface area contributed by atoms with E-state index in [-0.39, 0.29) is 17.4 Å². The molecule has 7 nitrogen and oxygen atoms in total. The number of hydrogen-bond acceptors (Lipinski definition) is 5. The van der Waals surface area contributed by atoms with E-state index in [9.17, 15) is 14.9 Å². The van der Waals surface area contributed by atoms with Gasteiger partial charge in [-0.25, -0.2) is 0 Å². The summed E-state index contributed by atoms with van der Waals surface area (Å²) in [5, 5.41) is 16.2. The normalized spacial score (nSPS) is 10.1. The lowest BCUT2D eigenvalue weighted by Gasteiger charge is -2.13. The topological polar surface area (TPSA) is 93.5 Å². The van der Waals surface area contributed by atoms with E-state index in [1.807, 2.05) is 32.0 Å². The highest BCUT2D eigenvalue weighted by molar-refractivity contribution is 7.80. The zero-order valence-corrected chi connectivity index (χ0v) is 15.5. The van der Waals surface area contributed by atoms with Gasteiger partial charge in [-0.2, -0.15) is 0 Å². The minimum absolute atomic E-state index is 0.00933. The largest absolute Gasteiger partial charge is 0.483 e. The van der Waals surface area contributed by atoms with Gasteiger partial charge < -0.3 is 10.1 Å². The number of rotatable bonds is 5. The molecule has 0 heterocycles.